The standard InChI is InChI=1S/C19H26F3N5O3.HI/c1-4-29-13-6-7-15(30-5-2)14(12-13)26-17(23)25-9-8-18(28,19(20,21)22)16-24-10-11-27(16)3;/h6-7,10-12,28H,4-5,8-9H2,1-3H3,(H3,23,25,26);1H. The van der Waals surface area contributed by atoms with Gasteiger partial charge in [0.1, 0.15) is 17.3 Å². The van der Waals surface area contributed by atoms with Gasteiger partial charge in [-0.15, -0.1) is 24.0 Å². The highest BCUT2D eigenvalue weighted by atomic mass is 127. The molecule has 0 aliphatic rings. The second kappa shape index (κ2) is 11.4. The van der Waals surface area contributed by atoms with E-state index >= 15 is 0 Å². The lowest BCUT2D eigenvalue weighted by molar-refractivity contribution is -0.272. The number of alkyl halides is 3. The highest BCUT2D eigenvalue weighted by molar-refractivity contribution is 14.0. The minimum atomic E-state index is -4.93. The number of halogens is 4. The van der Waals surface area contributed by atoms with Crippen molar-refractivity contribution in [1.82, 2.24) is 9.55 Å². The van der Waals surface area contributed by atoms with Crippen molar-refractivity contribution >= 4 is 35.6 Å². The quantitative estimate of drug-likeness (QED) is 0.248. The van der Waals surface area contributed by atoms with Crippen LogP contribution in [0.25, 0.3) is 0 Å². The smallest absolute Gasteiger partial charge is 0.424 e. The van der Waals surface area contributed by atoms with Crippen LogP contribution in [-0.4, -0.2) is 46.6 Å². The van der Waals surface area contributed by atoms with E-state index in [1.807, 2.05) is 13.8 Å². The highest BCUT2D eigenvalue weighted by Gasteiger charge is 2.57. The fourth-order valence-electron chi connectivity index (χ4n) is 2.80. The Morgan fingerprint density at radius 2 is 1.94 bits per heavy atom. The number of nitrogens with two attached hydrogens (primary N) is 1. The van der Waals surface area contributed by atoms with Crippen molar-refractivity contribution in [2.24, 2.45) is 17.8 Å². The molecule has 0 bridgehead atoms. The summed E-state index contributed by atoms with van der Waals surface area (Å²) in [5, 5.41) is 13.1. The third-order valence-electron chi connectivity index (χ3n) is 4.24. The minimum Gasteiger partial charge on any atom is -0.494 e. The van der Waals surface area contributed by atoms with E-state index in [9.17, 15) is 18.3 Å². The molecule has 0 amide bonds. The van der Waals surface area contributed by atoms with Gasteiger partial charge in [0.05, 0.1) is 18.9 Å². The number of benzene rings is 1. The lowest BCUT2D eigenvalue weighted by Gasteiger charge is -2.29. The molecule has 2 rings (SSSR count). The molecular weight excluding hydrogens is 530 g/mol. The lowest BCUT2D eigenvalue weighted by atomic mass is 9.98. The maximum Gasteiger partial charge on any atom is 0.424 e. The van der Waals surface area contributed by atoms with Gasteiger partial charge in [0, 0.05) is 38.5 Å². The van der Waals surface area contributed by atoms with Crippen molar-refractivity contribution in [2.75, 3.05) is 25.1 Å². The number of aromatic nitrogens is 2. The van der Waals surface area contributed by atoms with E-state index in [4.69, 9.17) is 15.2 Å². The number of nitrogens with zero attached hydrogens (tertiary/aromatic N) is 3. The maximum atomic E-state index is 13.5. The summed E-state index contributed by atoms with van der Waals surface area (Å²) in [6.07, 6.45) is -3.17. The van der Waals surface area contributed by atoms with E-state index in [-0.39, 0.29) is 29.9 Å². The molecule has 1 heterocycles. The normalized spacial score (nSPS) is 13.8. The van der Waals surface area contributed by atoms with Gasteiger partial charge in [0.2, 0.25) is 5.60 Å². The number of guanidine groups is 1. The third-order valence-corrected chi connectivity index (χ3v) is 4.24. The van der Waals surface area contributed by atoms with Gasteiger partial charge >= 0.3 is 6.18 Å². The van der Waals surface area contributed by atoms with E-state index in [1.54, 1.807) is 18.2 Å². The van der Waals surface area contributed by atoms with Crippen LogP contribution in [0.5, 0.6) is 11.5 Å². The summed E-state index contributed by atoms with van der Waals surface area (Å²) >= 11 is 0. The number of aliphatic hydroxyl groups is 1. The molecule has 0 spiro atoms. The Balaban J connectivity index is 0.00000480. The zero-order valence-corrected chi connectivity index (χ0v) is 19.8. The van der Waals surface area contributed by atoms with Gasteiger partial charge in [-0.3, -0.25) is 4.99 Å². The van der Waals surface area contributed by atoms with Crippen molar-refractivity contribution in [2.45, 2.75) is 32.0 Å². The number of rotatable bonds is 9. The number of ether oxygens (including phenoxy) is 2. The molecular formula is C19H27F3IN5O3. The second-order valence-corrected chi connectivity index (χ2v) is 6.39. The zero-order chi connectivity index (χ0) is 22.4. The zero-order valence-electron chi connectivity index (χ0n) is 17.4. The van der Waals surface area contributed by atoms with Crippen LogP contribution in [0.1, 0.15) is 26.1 Å². The summed E-state index contributed by atoms with van der Waals surface area (Å²) in [5.41, 5.74) is 3.15. The molecule has 0 aliphatic carbocycles. The molecule has 8 nitrogen and oxygen atoms in total. The molecule has 2 aromatic rings. The lowest BCUT2D eigenvalue weighted by Crippen LogP contribution is -2.45. The first-order valence-corrected chi connectivity index (χ1v) is 9.35. The first-order valence-electron chi connectivity index (χ1n) is 9.35. The van der Waals surface area contributed by atoms with Crippen LogP contribution in [0.15, 0.2) is 35.6 Å². The second-order valence-electron chi connectivity index (χ2n) is 6.39. The van der Waals surface area contributed by atoms with Crippen LogP contribution in [0, 0.1) is 0 Å². The van der Waals surface area contributed by atoms with Crippen LogP contribution >= 0.6 is 24.0 Å². The van der Waals surface area contributed by atoms with Crippen LogP contribution in [0.2, 0.25) is 0 Å². The fourth-order valence-corrected chi connectivity index (χ4v) is 2.80. The summed E-state index contributed by atoms with van der Waals surface area (Å²) in [6.45, 7) is 4.12. The topological polar surface area (TPSA) is 107 Å². The first-order chi connectivity index (χ1) is 14.1. The number of hydrogen-bond donors (Lipinski definition) is 3. The summed E-state index contributed by atoms with van der Waals surface area (Å²) in [5.74, 6) is 0.408. The summed E-state index contributed by atoms with van der Waals surface area (Å²) < 4.78 is 52.7. The molecule has 1 aromatic heterocycles. The predicted octanol–water partition coefficient (Wildman–Crippen LogP) is 3.40. The van der Waals surface area contributed by atoms with Crippen LogP contribution in [0.4, 0.5) is 18.9 Å². The SMILES string of the molecule is CCOc1ccc(OCC)c(NC(N)=NCCC(O)(c2nccn2C)C(F)(F)F)c1.I. The molecule has 174 valence electrons. The molecule has 12 heteroatoms. The van der Waals surface area contributed by atoms with Crippen molar-refractivity contribution in [1.29, 1.82) is 0 Å². The molecule has 1 aromatic carbocycles. The largest absolute Gasteiger partial charge is 0.494 e. The first kappa shape index (κ1) is 26.8. The molecule has 1 unspecified atom stereocenters. The van der Waals surface area contributed by atoms with Crippen molar-refractivity contribution in [3.05, 3.63) is 36.4 Å². The average molecular weight is 557 g/mol. The van der Waals surface area contributed by atoms with Crippen molar-refractivity contribution < 1.29 is 27.8 Å². The van der Waals surface area contributed by atoms with Gasteiger partial charge in [0.25, 0.3) is 0 Å². The van der Waals surface area contributed by atoms with Gasteiger partial charge < -0.3 is 30.2 Å². The Hall–Kier alpha value is -2.22. The molecule has 4 N–H and O–H groups in total. The van der Waals surface area contributed by atoms with Gasteiger partial charge in [-0.1, -0.05) is 0 Å². The Labute approximate surface area is 195 Å². The number of imidazole rings is 1. The Bertz CT molecular complexity index is 876. The molecule has 0 radical (unpaired) electrons. The molecule has 1 atom stereocenters. The average Bonchev–Trinajstić information content (AvgIpc) is 3.09. The van der Waals surface area contributed by atoms with E-state index < -0.39 is 30.6 Å². The maximum absolute atomic E-state index is 13.5. The van der Waals surface area contributed by atoms with Crippen molar-refractivity contribution in [3.63, 3.8) is 0 Å². The predicted molar refractivity (Wildman–Crippen MR) is 122 cm³/mol. The molecule has 31 heavy (non-hydrogen) atoms. The van der Waals surface area contributed by atoms with E-state index in [0.717, 1.165) is 4.57 Å². The van der Waals surface area contributed by atoms with Crippen molar-refractivity contribution in [3.8, 4) is 11.5 Å². The van der Waals surface area contributed by atoms with Crippen LogP contribution in [0.3, 0.4) is 0 Å². The Morgan fingerprint density at radius 3 is 2.48 bits per heavy atom. The third kappa shape index (κ3) is 6.63. The van der Waals surface area contributed by atoms with E-state index in [0.29, 0.717) is 30.4 Å². The van der Waals surface area contributed by atoms with Gasteiger partial charge in [0.15, 0.2) is 5.96 Å². The Morgan fingerprint density at radius 1 is 1.26 bits per heavy atom. The summed E-state index contributed by atoms with van der Waals surface area (Å²) in [4.78, 5) is 7.57. The molecule has 0 saturated heterocycles. The molecule has 0 saturated carbocycles. The molecule has 0 fully saturated rings. The van der Waals surface area contributed by atoms with Gasteiger partial charge in [-0.25, -0.2) is 4.98 Å². The summed E-state index contributed by atoms with van der Waals surface area (Å²) in [7, 11) is 1.37. The van der Waals surface area contributed by atoms with Gasteiger partial charge in [-0.2, -0.15) is 13.2 Å². The van der Waals surface area contributed by atoms with E-state index in [2.05, 4.69) is 15.3 Å². The number of anilines is 1. The Kier molecular flexibility index (Phi) is 9.87. The number of aryl methyl sites for hydroxylation is 1. The number of aliphatic imine (C=N–C) groups is 1. The monoisotopic (exact) mass is 557 g/mol. The highest BCUT2D eigenvalue weighted by Crippen LogP contribution is 2.40. The molecule has 0 aliphatic heterocycles. The van der Waals surface area contributed by atoms with Crippen LogP contribution < -0.4 is 20.5 Å². The van der Waals surface area contributed by atoms with Crippen LogP contribution in [-0.2, 0) is 12.6 Å². The number of nitrogens with one attached hydrogen (secondary N) is 1. The van der Waals surface area contributed by atoms with E-state index in [1.165, 1.54) is 19.4 Å². The number of hydrogen-bond acceptors (Lipinski definition) is 5. The minimum absolute atomic E-state index is 0. The van der Waals surface area contributed by atoms with Gasteiger partial charge in [-0.05, 0) is 26.0 Å². The fraction of sp³-hybridized carbons (Fsp3) is 0.474. The summed E-state index contributed by atoms with van der Waals surface area (Å²) in [6, 6.07) is 5.06.